The van der Waals surface area contributed by atoms with Crippen LogP contribution < -0.4 is 4.74 Å². The molecule has 3 rings (SSSR count). The molecule has 2 aromatic carbocycles. The molecule has 0 spiro atoms. The van der Waals surface area contributed by atoms with Crippen LogP contribution in [0, 0.1) is 6.92 Å². The largest absolute Gasteiger partial charge is 0.493 e. The molecule has 1 aliphatic heterocycles. The monoisotopic (exact) mass is 458 g/mol. The minimum absolute atomic E-state index is 0.112. The van der Waals surface area contributed by atoms with Gasteiger partial charge in [-0.15, -0.1) is 0 Å². The Balaban J connectivity index is 2.11. The molecule has 0 aromatic heterocycles. The number of hydrogen-bond donors (Lipinski definition) is 0. The number of ether oxygens (including phenoxy) is 1. The summed E-state index contributed by atoms with van der Waals surface area (Å²) in [7, 11) is 0. The molecule has 1 unspecified atom stereocenters. The normalized spacial score (nSPS) is 14.8. The molecule has 0 aliphatic carbocycles. The number of halogens is 3. The van der Waals surface area contributed by atoms with Gasteiger partial charge in [-0.25, -0.2) is 0 Å². The molecule has 1 aliphatic rings. The zero-order valence-corrected chi connectivity index (χ0v) is 15.7. The Hall–Kier alpha value is -0.320. The predicted octanol–water partition coefficient (Wildman–Crippen LogP) is 5.94. The van der Waals surface area contributed by atoms with Gasteiger partial charge in [-0.1, -0.05) is 66.0 Å². The van der Waals surface area contributed by atoms with Gasteiger partial charge in [0.15, 0.2) is 0 Å². The summed E-state index contributed by atoms with van der Waals surface area (Å²) in [5.74, 6) is 1.03. The number of hydrogen-bond acceptors (Lipinski definition) is 1. The second-order valence-electron chi connectivity index (χ2n) is 4.92. The van der Waals surface area contributed by atoms with Crippen LogP contribution in [-0.2, 0) is 6.42 Å². The molecule has 0 bridgehead atoms. The number of rotatable bonds is 2. The number of fused-ring (bicyclic) bond motifs is 1. The van der Waals surface area contributed by atoms with Crippen LogP contribution in [0.3, 0.4) is 0 Å². The van der Waals surface area contributed by atoms with E-state index in [0.717, 1.165) is 27.7 Å². The van der Waals surface area contributed by atoms with E-state index in [1.54, 1.807) is 0 Å². The van der Waals surface area contributed by atoms with Gasteiger partial charge >= 0.3 is 0 Å². The van der Waals surface area contributed by atoms with Crippen molar-refractivity contribution in [1.29, 1.82) is 0 Å². The van der Waals surface area contributed by atoms with Crippen LogP contribution in [0.1, 0.15) is 27.1 Å². The van der Waals surface area contributed by atoms with Crippen LogP contribution in [0.2, 0.25) is 0 Å². The second kappa shape index (κ2) is 5.82. The topological polar surface area (TPSA) is 9.23 Å². The summed E-state index contributed by atoms with van der Waals surface area (Å²) in [6, 6.07) is 10.6. The summed E-state index contributed by atoms with van der Waals surface area (Å²) < 4.78 is 8.08. The fourth-order valence-electron chi connectivity index (χ4n) is 2.52. The summed E-state index contributed by atoms with van der Waals surface area (Å²) in [5, 5.41) is 0. The van der Waals surface area contributed by atoms with Gasteiger partial charge < -0.3 is 4.74 Å². The zero-order chi connectivity index (χ0) is 14.3. The van der Waals surface area contributed by atoms with E-state index in [4.69, 9.17) is 4.74 Å². The van der Waals surface area contributed by atoms with Gasteiger partial charge in [0.2, 0.25) is 0 Å². The van der Waals surface area contributed by atoms with Crippen molar-refractivity contribution in [2.24, 2.45) is 0 Å². The van der Waals surface area contributed by atoms with Gasteiger partial charge in [0, 0.05) is 20.9 Å². The molecule has 0 saturated carbocycles. The lowest BCUT2D eigenvalue weighted by Gasteiger charge is -2.17. The predicted molar refractivity (Wildman–Crippen MR) is 93.0 cm³/mol. The Morgan fingerprint density at radius 1 is 1.15 bits per heavy atom. The van der Waals surface area contributed by atoms with E-state index < -0.39 is 0 Å². The molecule has 1 atom stereocenters. The Kier molecular flexibility index (Phi) is 4.25. The van der Waals surface area contributed by atoms with Crippen LogP contribution in [0.4, 0.5) is 0 Å². The first kappa shape index (κ1) is 14.6. The zero-order valence-electron chi connectivity index (χ0n) is 10.9. The van der Waals surface area contributed by atoms with E-state index in [9.17, 15) is 0 Å². The summed E-state index contributed by atoms with van der Waals surface area (Å²) >= 11 is 11.1. The molecular weight excluding hydrogens is 448 g/mol. The fourth-order valence-corrected chi connectivity index (χ4v) is 4.56. The molecule has 1 heterocycles. The van der Waals surface area contributed by atoms with Gasteiger partial charge in [-0.3, -0.25) is 0 Å². The Labute approximate surface area is 144 Å². The van der Waals surface area contributed by atoms with Gasteiger partial charge in [-0.2, -0.15) is 0 Å². The lowest BCUT2D eigenvalue weighted by Crippen LogP contribution is -1.99. The minimum Gasteiger partial charge on any atom is -0.493 e. The Morgan fingerprint density at radius 3 is 2.75 bits per heavy atom. The number of aryl methyl sites for hydroxylation is 1. The van der Waals surface area contributed by atoms with Crippen molar-refractivity contribution in [3.05, 3.63) is 61.5 Å². The molecule has 0 N–H and O–H groups in total. The molecule has 1 nitrogen and oxygen atoms in total. The molecule has 0 fully saturated rings. The maximum atomic E-state index is 5.83. The Morgan fingerprint density at radius 2 is 1.95 bits per heavy atom. The van der Waals surface area contributed by atoms with Crippen LogP contribution in [0.5, 0.6) is 5.75 Å². The average molecular weight is 461 g/mol. The molecular formula is C16H13Br3O. The van der Waals surface area contributed by atoms with Crippen molar-refractivity contribution in [1.82, 2.24) is 0 Å². The van der Waals surface area contributed by atoms with Crippen molar-refractivity contribution >= 4 is 47.8 Å². The minimum atomic E-state index is 0.112. The summed E-state index contributed by atoms with van der Waals surface area (Å²) in [5.41, 5.74) is 4.92. The third kappa shape index (κ3) is 2.58. The quantitative estimate of drug-likeness (QED) is 0.504. The van der Waals surface area contributed by atoms with E-state index in [2.05, 4.69) is 85.0 Å². The lowest BCUT2D eigenvalue weighted by molar-refractivity contribution is 0.354. The van der Waals surface area contributed by atoms with E-state index in [1.165, 1.54) is 22.3 Å². The Bertz CT molecular complexity index is 667. The molecule has 2 aromatic rings. The van der Waals surface area contributed by atoms with Crippen LogP contribution >= 0.6 is 47.8 Å². The van der Waals surface area contributed by atoms with E-state index >= 15 is 0 Å². The highest BCUT2D eigenvalue weighted by Crippen LogP contribution is 2.44. The average Bonchev–Trinajstić information content (AvgIpc) is 2.88. The number of alkyl halides is 1. The molecule has 104 valence electrons. The smallest absolute Gasteiger partial charge is 0.127 e. The van der Waals surface area contributed by atoms with Crippen molar-refractivity contribution in [3.63, 3.8) is 0 Å². The van der Waals surface area contributed by atoms with E-state index in [0.29, 0.717) is 0 Å². The molecule has 0 saturated heterocycles. The van der Waals surface area contributed by atoms with Gasteiger partial charge in [-0.05, 0) is 35.7 Å². The van der Waals surface area contributed by atoms with Crippen molar-refractivity contribution < 1.29 is 4.74 Å². The lowest BCUT2D eigenvalue weighted by atomic mass is 10.00. The van der Waals surface area contributed by atoms with Crippen LogP contribution in [0.25, 0.3) is 0 Å². The summed E-state index contributed by atoms with van der Waals surface area (Å²) in [6.07, 6.45) is 0.983. The second-order valence-corrected chi connectivity index (χ2v) is 7.55. The van der Waals surface area contributed by atoms with Gasteiger partial charge in [0.1, 0.15) is 5.75 Å². The molecule has 20 heavy (non-hydrogen) atoms. The highest BCUT2D eigenvalue weighted by atomic mass is 79.9. The maximum Gasteiger partial charge on any atom is 0.127 e. The SMILES string of the molecule is Cc1cccc(C(Br)c2cc(Br)cc3c2OCC3)c1Br. The first-order valence-electron chi connectivity index (χ1n) is 6.42. The van der Waals surface area contributed by atoms with Crippen LogP contribution in [-0.4, -0.2) is 6.61 Å². The highest BCUT2D eigenvalue weighted by molar-refractivity contribution is 9.11. The van der Waals surface area contributed by atoms with Gasteiger partial charge in [0.25, 0.3) is 0 Å². The highest BCUT2D eigenvalue weighted by Gasteiger charge is 2.24. The summed E-state index contributed by atoms with van der Waals surface area (Å²) in [4.78, 5) is 0.112. The standard InChI is InChI=1S/C16H13Br3O/c1-9-3-2-4-12(14(9)18)15(19)13-8-11(17)7-10-5-6-20-16(10)13/h2-4,7-8,15H,5-6H2,1H3. The molecule has 4 heteroatoms. The summed E-state index contributed by atoms with van der Waals surface area (Å²) in [6.45, 7) is 2.88. The van der Waals surface area contributed by atoms with Gasteiger partial charge in [0.05, 0.1) is 11.4 Å². The van der Waals surface area contributed by atoms with Crippen molar-refractivity contribution in [2.45, 2.75) is 18.2 Å². The first-order valence-corrected chi connectivity index (χ1v) is 8.92. The van der Waals surface area contributed by atoms with Crippen molar-refractivity contribution in [3.8, 4) is 5.75 Å². The van der Waals surface area contributed by atoms with E-state index in [-0.39, 0.29) is 4.83 Å². The van der Waals surface area contributed by atoms with Crippen molar-refractivity contribution in [2.75, 3.05) is 6.61 Å². The molecule has 0 amide bonds. The third-order valence-corrected chi connectivity index (χ3v) is 6.07. The number of benzene rings is 2. The fraction of sp³-hybridized carbons (Fsp3) is 0.250. The molecule has 0 radical (unpaired) electrons. The maximum absolute atomic E-state index is 5.83. The first-order chi connectivity index (χ1) is 9.58. The third-order valence-electron chi connectivity index (χ3n) is 3.54. The van der Waals surface area contributed by atoms with E-state index in [1.807, 2.05) is 0 Å². The van der Waals surface area contributed by atoms with Crippen LogP contribution in [0.15, 0.2) is 39.3 Å².